The van der Waals surface area contributed by atoms with Gasteiger partial charge in [-0.05, 0) is 25.0 Å². The molecule has 0 spiro atoms. The topological polar surface area (TPSA) is 27.7 Å². The number of thiol groups is 1. The number of hydrogen-bond donors (Lipinski definition) is 1. The molecule has 0 heterocycles. The molecule has 0 saturated heterocycles. The molecular formula is C11H22O3S. The van der Waals surface area contributed by atoms with Crippen LogP contribution in [0.25, 0.3) is 0 Å². The van der Waals surface area contributed by atoms with E-state index in [1.54, 1.807) is 7.11 Å². The molecule has 0 amide bonds. The molecule has 4 heteroatoms. The smallest absolute Gasteiger partial charge is 0.0700 e. The van der Waals surface area contributed by atoms with Gasteiger partial charge in [-0.3, -0.25) is 0 Å². The van der Waals surface area contributed by atoms with Gasteiger partial charge < -0.3 is 14.2 Å². The van der Waals surface area contributed by atoms with E-state index in [9.17, 15) is 0 Å². The number of rotatable bonds is 10. The summed E-state index contributed by atoms with van der Waals surface area (Å²) in [6.07, 6.45) is 3.52. The Morgan fingerprint density at radius 2 is 1.80 bits per heavy atom. The Bertz CT molecular complexity index is 160. The Kier molecular flexibility index (Phi) is 6.64. The lowest BCUT2D eigenvalue weighted by atomic mass is 10.2. The van der Waals surface area contributed by atoms with E-state index < -0.39 is 0 Å². The van der Waals surface area contributed by atoms with Crippen LogP contribution < -0.4 is 0 Å². The predicted octanol–water partition coefficient (Wildman–Crippen LogP) is 1.77. The molecule has 1 aliphatic rings. The molecule has 90 valence electrons. The number of methoxy groups -OCH3 is 1. The van der Waals surface area contributed by atoms with Gasteiger partial charge >= 0.3 is 0 Å². The Morgan fingerprint density at radius 1 is 1.07 bits per heavy atom. The van der Waals surface area contributed by atoms with Crippen molar-refractivity contribution in [3.63, 3.8) is 0 Å². The average Bonchev–Trinajstić information content (AvgIpc) is 3.03. The average molecular weight is 234 g/mol. The highest BCUT2D eigenvalue weighted by molar-refractivity contribution is 7.80. The van der Waals surface area contributed by atoms with Crippen LogP contribution in [0.15, 0.2) is 0 Å². The second-order valence-corrected chi connectivity index (χ2v) is 4.49. The molecule has 0 aromatic rings. The van der Waals surface area contributed by atoms with Crippen LogP contribution in [-0.2, 0) is 14.2 Å². The third-order valence-electron chi connectivity index (χ3n) is 2.71. The molecular weight excluding hydrogens is 212 g/mol. The lowest BCUT2D eigenvalue weighted by Gasteiger charge is -2.12. The quantitative estimate of drug-likeness (QED) is 0.461. The Morgan fingerprint density at radius 3 is 2.40 bits per heavy atom. The van der Waals surface area contributed by atoms with E-state index in [1.165, 1.54) is 12.8 Å². The fraction of sp³-hybridized carbons (Fsp3) is 1.00. The molecule has 0 atom stereocenters. The summed E-state index contributed by atoms with van der Waals surface area (Å²) in [6.45, 7) is 3.77. The van der Waals surface area contributed by atoms with E-state index in [-0.39, 0.29) is 0 Å². The van der Waals surface area contributed by atoms with Crippen LogP contribution in [0, 0.1) is 5.41 Å². The van der Waals surface area contributed by atoms with Crippen LogP contribution in [0.3, 0.4) is 0 Å². The first-order valence-electron chi connectivity index (χ1n) is 5.58. The summed E-state index contributed by atoms with van der Waals surface area (Å²) in [5.41, 5.74) is 0.417. The van der Waals surface area contributed by atoms with E-state index >= 15 is 0 Å². The zero-order valence-electron chi connectivity index (χ0n) is 9.54. The molecule has 0 aromatic carbocycles. The second kappa shape index (κ2) is 7.49. The lowest BCUT2D eigenvalue weighted by molar-refractivity contribution is 0.0439. The van der Waals surface area contributed by atoms with Gasteiger partial charge in [-0.1, -0.05) is 0 Å². The molecule has 0 unspecified atom stereocenters. The SMILES string of the molecule is COCCOCCCOCC1(CS)CC1. The molecule has 1 fully saturated rings. The van der Waals surface area contributed by atoms with Crippen LogP contribution in [0.4, 0.5) is 0 Å². The Hall–Kier alpha value is 0.230. The van der Waals surface area contributed by atoms with Gasteiger partial charge in [0.2, 0.25) is 0 Å². The summed E-state index contributed by atoms with van der Waals surface area (Å²) >= 11 is 4.33. The van der Waals surface area contributed by atoms with Gasteiger partial charge in [0, 0.05) is 25.7 Å². The van der Waals surface area contributed by atoms with Gasteiger partial charge in [-0.2, -0.15) is 12.6 Å². The predicted molar refractivity (Wildman–Crippen MR) is 63.7 cm³/mol. The minimum atomic E-state index is 0.417. The minimum Gasteiger partial charge on any atom is -0.382 e. The summed E-state index contributed by atoms with van der Waals surface area (Å²) < 4.78 is 15.8. The van der Waals surface area contributed by atoms with Crippen molar-refractivity contribution in [1.82, 2.24) is 0 Å². The van der Waals surface area contributed by atoms with E-state index in [0.29, 0.717) is 18.6 Å². The van der Waals surface area contributed by atoms with Gasteiger partial charge in [0.15, 0.2) is 0 Å². The minimum absolute atomic E-state index is 0.417. The first-order valence-corrected chi connectivity index (χ1v) is 6.21. The molecule has 0 aromatic heterocycles. The maximum absolute atomic E-state index is 5.60. The molecule has 3 nitrogen and oxygen atoms in total. The van der Waals surface area contributed by atoms with Crippen LogP contribution in [0.1, 0.15) is 19.3 Å². The van der Waals surface area contributed by atoms with Crippen LogP contribution in [-0.4, -0.2) is 45.9 Å². The molecule has 1 aliphatic carbocycles. The maximum atomic E-state index is 5.60. The first kappa shape index (κ1) is 13.3. The monoisotopic (exact) mass is 234 g/mol. The van der Waals surface area contributed by atoms with Crippen molar-refractivity contribution in [3.8, 4) is 0 Å². The van der Waals surface area contributed by atoms with Gasteiger partial charge in [0.1, 0.15) is 0 Å². The highest BCUT2D eigenvalue weighted by atomic mass is 32.1. The second-order valence-electron chi connectivity index (χ2n) is 4.17. The summed E-state index contributed by atoms with van der Waals surface area (Å²) in [5, 5.41) is 0. The normalized spacial score (nSPS) is 18.0. The lowest BCUT2D eigenvalue weighted by Crippen LogP contribution is -2.13. The van der Waals surface area contributed by atoms with Crippen molar-refractivity contribution >= 4 is 12.6 Å². The summed E-state index contributed by atoms with van der Waals surface area (Å²) in [5.74, 6) is 0.956. The zero-order chi connectivity index (χ0) is 11.0. The summed E-state index contributed by atoms with van der Waals surface area (Å²) in [4.78, 5) is 0. The zero-order valence-corrected chi connectivity index (χ0v) is 10.4. The van der Waals surface area contributed by atoms with Crippen LogP contribution in [0.5, 0.6) is 0 Å². The largest absolute Gasteiger partial charge is 0.382 e. The van der Waals surface area contributed by atoms with Crippen molar-refractivity contribution in [1.29, 1.82) is 0 Å². The summed E-state index contributed by atoms with van der Waals surface area (Å²) in [7, 11) is 1.68. The molecule has 15 heavy (non-hydrogen) atoms. The summed E-state index contributed by atoms with van der Waals surface area (Å²) in [6, 6.07) is 0. The van der Waals surface area contributed by atoms with E-state index in [1.807, 2.05) is 0 Å². The standard InChI is InChI=1S/C11H22O3S/c1-12-7-8-13-5-2-6-14-9-11(10-15)3-4-11/h15H,2-10H2,1H3. The molecule has 0 N–H and O–H groups in total. The van der Waals surface area contributed by atoms with Crippen LogP contribution >= 0.6 is 12.6 Å². The van der Waals surface area contributed by atoms with Crippen molar-refractivity contribution in [3.05, 3.63) is 0 Å². The maximum Gasteiger partial charge on any atom is 0.0700 e. The molecule has 1 rings (SSSR count). The highest BCUT2D eigenvalue weighted by Crippen LogP contribution is 2.46. The molecule has 0 aliphatic heterocycles. The van der Waals surface area contributed by atoms with Gasteiger partial charge in [-0.15, -0.1) is 0 Å². The molecule has 0 bridgehead atoms. The molecule has 0 radical (unpaired) electrons. The van der Waals surface area contributed by atoms with Crippen molar-refractivity contribution in [2.75, 3.05) is 45.9 Å². The van der Waals surface area contributed by atoms with E-state index in [0.717, 1.165) is 32.0 Å². The van der Waals surface area contributed by atoms with E-state index in [2.05, 4.69) is 12.6 Å². The van der Waals surface area contributed by atoms with Gasteiger partial charge in [0.25, 0.3) is 0 Å². The third kappa shape index (κ3) is 5.76. The number of hydrogen-bond acceptors (Lipinski definition) is 4. The highest BCUT2D eigenvalue weighted by Gasteiger charge is 2.41. The Balaban J connectivity index is 1.77. The first-order chi connectivity index (χ1) is 7.33. The number of ether oxygens (including phenoxy) is 3. The molecule has 1 saturated carbocycles. The fourth-order valence-electron chi connectivity index (χ4n) is 1.32. The van der Waals surface area contributed by atoms with Gasteiger partial charge in [0.05, 0.1) is 19.8 Å². The van der Waals surface area contributed by atoms with Crippen LogP contribution in [0.2, 0.25) is 0 Å². The Labute approximate surface area is 97.9 Å². The van der Waals surface area contributed by atoms with Crippen molar-refractivity contribution < 1.29 is 14.2 Å². The fourth-order valence-corrected chi connectivity index (χ4v) is 1.73. The van der Waals surface area contributed by atoms with Gasteiger partial charge in [-0.25, -0.2) is 0 Å². The van der Waals surface area contributed by atoms with Crippen molar-refractivity contribution in [2.24, 2.45) is 5.41 Å². The van der Waals surface area contributed by atoms with Crippen molar-refractivity contribution in [2.45, 2.75) is 19.3 Å². The van der Waals surface area contributed by atoms with E-state index in [4.69, 9.17) is 14.2 Å². The third-order valence-corrected chi connectivity index (χ3v) is 3.38.